The molecule has 2 rings (SSSR count). The molecule has 0 aromatic heterocycles. The van der Waals surface area contributed by atoms with Crippen LogP contribution in [0.15, 0.2) is 24.3 Å². The number of nitrogens with zero attached hydrogens (tertiary/aromatic N) is 1. The van der Waals surface area contributed by atoms with E-state index in [1.165, 1.54) is 12.1 Å². The second-order valence-corrected chi connectivity index (χ2v) is 6.83. The van der Waals surface area contributed by atoms with Crippen molar-refractivity contribution in [3.63, 3.8) is 0 Å². The van der Waals surface area contributed by atoms with Crippen molar-refractivity contribution in [2.24, 2.45) is 5.92 Å². The highest BCUT2D eigenvalue weighted by Crippen LogP contribution is 2.29. The molecule has 1 atom stereocenters. The van der Waals surface area contributed by atoms with Crippen LogP contribution in [0.5, 0.6) is 0 Å². The van der Waals surface area contributed by atoms with E-state index in [1.54, 1.807) is 0 Å². The minimum Gasteiger partial charge on any atom is -0.374 e. The van der Waals surface area contributed by atoms with Crippen LogP contribution in [0.2, 0.25) is 0 Å². The van der Waals surface area contributed by atoms with Gasteiger partial charge in [0, 0.05) is 26.2 Å². The predicted molar refractivity (Wildman–Crippen MR) is 89.2 cm³/mol. The number of halogens is 3. The van der Waals surface area contributed by atoms with Crippen LogP contribution in [0, 0.1) is 5.92 Å². The summed E-state index contributed by atoms with van der Waals surface area (Å²) >= 11 is 0. The number of carbonyl (C=O) groups is 1. The SMILES string of the molecule is CC(C)CN1CCOC(CNC(=O)Cc2cccc(C(F)(F)F)c2)C1. The molecule has 1 aromatic carbocycles. The molecule has 1 fully saturated rings. The highest BCUT2D eigenvalue weighted by atomic mass is 19.4. The number of benzene rings is 1. The van der Waals surface area contributed by atoms with Crippen LogP contribution in [0.1, 0.15) is 25.0 Å². The summed E-state index contributed by atoms with van der Waals surface area (Å²) < 4.78 is 43.8. The van der Waals surface area contributed by atoms with Crippen molar-refractivity contribution in [2.75, 3.05) is 32.8 Å². The number of amides is 1. The smallest absolute Gasteiger partial charge is 0.374 e. The van der Waals surface area contributed by atoms with Crippen molar-refractivity contribution in [1.82, 2.24) is 10.2 Å². The molecule has 0 spiro atoms. The van der Waals surface area contributed by atoms with Crippen molar-refractivity contribution >= 4 is 5.91 Å². The molecule has 1 saturated heterocycles. The molecule has 0 bridgehead atoms. The van der Waals surface area contributed by atoms with E-state index in [0.717, 1.165) is 31.8 Å². The van der Waals surface area contributed by atoms with Crippen LogP contribution < -0.4 is 5.32 Å². The molecule has 25 heavy (non-hydrogen) atoms. The molecule has 0 saturated carbocycles. The zero-order valence-corrected chi connectivity index (χ0v) is 14.6. The van der Waals surface area contributed by atoms with Gasteiger partial charge in [0.2, 0.25) is 5.91 Å². The number of rotatable bonds is 6. The first-order valence-corrected chi connectivity index (χ1v) is 8.51. The first kappa shape index (κ1) is 19.7. The van der Waals surface area contributed by atoms with Crippen LogP contribution in [-0.2, 0) is 22.1 Å². The van der Waals surface area contributed by atoms with Gasteiger partial charge in [-0.2, -0.15) is 13.2 Å². The van der Waals surface area contributed by atoms with Gasteiger partial charge >= 0.3 is 6.18 Å². The topological polar surface area (TPSA) is 41.6 Å². The first-order valence-electron chi connectivity index (χ1n) is 8.51. The Labute approximate surface area is 146 Å². The number of carbonyl (C=O) groups excluding carboxylic acids is 1. The minimum absolute atomic E-state index is 0.0770. The molecule has 140 valence electrons. The van der Waals surface area contributed by atoms with Gasteiger partial charge in [0.05, 0.1) is 24.7 Å². The van der Waals surface area contributed by atoms with Gasteiger partial charge in [0.15, 0.2) is 0 Å². The standard InChI is InChI=1S/C18H25F3N2O2/c1-13(2)11-23-6-7-25-16(12-23)10-22-17(24)9-14-4-3-5-15(8-14)18(19,20)21/h3-5,8,13,16H,6-7,9-12H2,1-2H3,(H,22,24). The number of hydrogen-bond donors (Lipinski definition) is 1. The van der Waals surface area contributed by atoms with E-state index in [2.05, 4.69) is 24.1 Å². The van der Waals surface area contributed by atoms with E-state index in [9.17, 15) is 18.0 Å². The van der Waals surface area contributed by atoms with Crippen molar-refractivity contribution in [3.05, 3.63) is 35.4 Å². The van der Waals surface area contributed by atoms with Gasteiger partial charge in [0.25, 0.3) is 0 Å². The van der Waals surface area contributed by atoms with Crippen LogP contribution in [0.4, 0.5) is 13.2 Å². The van der Waals surface area contributed by atoms with E-state index >= 15 is 0 Å². The summed E-state index contributed by atoms with van der Waals surface area (Å²) in [5.41, 5.74) is -0.393. The lowest BCUT2D eigenvalue weighted by Crippen LogP contribution is -2.48. The molecule has 4 nitrogen and oxygen atoms in total. The lowest BCUT2D eigenvalue weighted by Gasteiger charge is -2.33. The summed E-state index contributed by atoms with van der Waals surface area (Å²) in [6.45, 7) is 7.92. The number of nitrogens with one attached hydrogen (secondary N) is 1. The van der Waals surface area contributed by atoms with Gasteiger partial charge in [-0.05, 0) is 17.5 Å². The average Bonchev–Trinajstić information content (AvgIpc) is 2.52. The largest absolute Gasteiger partial charge is 0.416 e. The lowest BCUT2D eigenvalue weighted by molar-refractivity contribution is -0.137. The van der Waals surface area contributed by atoms with Crippen molar-refractivity contribution in [1.29, 1.82) is 0 Å². The summed E-state index contributed by atoms with van der Waals surface area (Å²) in [7, 11) is 0. The quantitative estimate of drug-likeness (QED) is 0.850. The van der Waals surface area contributed by atoms with Gasteiger partial charge in [-0.1, -0.05) is 32.0 Å². The second kappa shape index (κ2) is 8.67. The second-order valence-electron chi connectivity index (χ2n) is 6.83. The fraction of sp³-hybridized carbons (Fsp3) is 0.611. The first-order chi connectivity index (χ1) is 11.7. The van der Waals surface area contributed by atoms with Crippen molar-refractivity contribution in [2.45, 2.75) is 32.5 Å². The Bertz CT molecular complexity index is 576. The maximum absolute atomic E-state index is 12.7. The summed E-state index contributed by atoms with van der Waals surface area (Å²) in [5.74, 6) is 0.262. The van der Waals surface area contributed by atoms with Crippen LogP contribution in [0.3, 0.4) is 0 Å². The van der Waals surface area contributed by atoms with Crippen LogP contribution >= 0.6 is 0 Å². The summed E-state index contributed by atoms with van der Waals surface area (Å²) in [4.78, 5) is 14.3. The van der Waals surface area contributed by atoms with Crippen LogP contribution in [0.25, 0.3) is 0 Å². The third-order valence-corrected chi connectivity index (χ3v) is 3.99. The molecule has 0 radical (unpaired) electrons. The zero-order valence-electron chi connectivity index (χ0n) is 14.6. The fourth-order valence-electron chi connectivity index (χ4n) is 2.92. The van der Waals surface area contributed by atoms with Gasteiger partial charge in [-0.25, -0.2) is 0 Å². The lowest BCUT2D eigenvalue weighted by atomic mass is 10.1. The molecule has 0 aliphatic carbocycles. The molecule has 7 heteroatoms. The number of hydrogen-bond acceptors (Lipinski definition) is 3. The Hall–Kier alpha value is -1.60. The Morgan fingerprint density at radius 1 is 1.40 bits per heavy atom. The summed E-state index contributed by atoms with van der Waals surface area (Å²) in [6, 6.07) is 4.86. The van der Waals surface area contributed by atoms with E-state index in [0.29, 0.717) is 24.6 Å². The Kier molecular flexibility index (Phi) is 6.84. The fourth-order valence-corrected chi connectivity index (χ4v) is 2.92. The molecule has 1 amide bonds. The third kappa shape index (κ3) is 6.66. The molecule has 1 N–H and O–H groups in total. The van der Waals surface area contributed by atoms with Crippen molar-refractivity contribution < 1.29 is 22.7 Å². The van der Waals surface area contributed by atoms with Gasteiger partial charge in [-0.15, -0.1) is 0 Å². The Morgan fingerprint density at radius 2 is 2.16 bits per heavy atom. The number of morpholine rings is 1. The summed E-state index contributed by atoms with van der Waals surface area (Å²) in [5, 5.41) is 2.76. The number of alkyl halides is 3. The van der Waals surface area contributed by atoms with Crippen molar-refractivity contribution in [3.8, 4) is 0 Å². The Morgan fingerprint density at radius 3 is 2.84 bits per heavy atom. The number of ether oxygens (including phenoxy) is 1. The average molecular weight is 358 g/mol. The predicted octanol–water partition coefficient (Wildman–Crippen LogP) is 2.72. The molecule has 1 unspecified atom stereocenters. The molecular formula is C18H25F3N2O2. The van der Waals surface area contributed by atoms with E-state index in [-0.39, 0.29) is 18.4 Å². The molecular weight excluding hydrogens is 333 g/mol. The van der Waals surface area contributed by atoms with Crippen LogP contribution in [-0.4, -0.2) is 49.7 Å². The van der Waals surface area contributed by atoms with Gasteiger partial charge in [-0.3, -0.25) is 9.69 Å². The molecule has 1 aliphatic rings. The Balaban J connectivity index is 1.81. The maximum atomic E-state index is 12.7. The van der Waals surface area contributed by atoms with Gasteiger partial charge < -0.3 is 10.1 Å². The molecule has 1 aromatic rings. The highest BCUT2D eigenvalue weighted by Gasteiger charge is 2.30. The molecule has 1 heterocycles. The van der Waals surface area contributed by atoms with E-state index in [1.807, 2.05) is 0 Å². The minimum atomic E-state index is -4.40. The molecule has 1 aliphatic heterocycles. The highest BCUT2D eigenvalue weighted by molar-refractivity contribution is 5.78. The third-order valence-electron chi connectivity index (χ3n) is 3.99. The van der Waals surface area contributed by atoms with E-state index in [4.69, 9.17) is 4.74 Å². The summed E-state index contributed by atoms with van der Waals surface area (Å²) in [6.07, 6.45) is -4.56. The van der Waals surface area contributed by atoms with E-state index < -0.39 is 11.7 Å². The maximum Gasteiger partial charge on any atom is 0.416 e. The zero-order chi connectivity index (χ0) is 18.4. The van der Waals surface area contributed by atoms with Gasteiger partial charge in [0.1, 0.15) is 0 Å². The normalized spacial score (nSPS) is 19.2. The monoisotopic (exact) mass is 358 g/mol.